The minimum absolute atomic E-state index is 0.0691. The minimum Gasteiger partial charge on any atom is -0.359 e. The van der Waals surface area contributed by atoms with E-state index >= 15 is 0 Å². The van der Waals surface area contributed by atoms with Crippen molar-refractivity contribution in [1.29, 1.82) is 0 Å². The number of likely N-dealkylation sites (N-methyl/N-ethyl adjacent to an activating group) is 1. The number of alkyl halides is 1. The predicted octanol–water partition coefficient (Wildman–Crippen LogP) is 4.59. The second kappa shape index (κ2) is 9.90. The molecule has 1 fully saturated rings. The highest BCUT2D eigenvalue weighted by atomic mass is 19.1. The Morgan fingerprint density at radius 3 is 2.81 bits per heavy atom. The number of halogens is 1. The lowest BCUT2D eigenvalue weighted by Crippen LogP contribution is -2.45. The number of carbonyl (C=O) groups is 2. The maximum absolute atomic E-state index is 14.8. The highest BCUT2D eigenvalue weighted by Crippen LogP contribution is 2.41. The Morgan fingerprint density at radius 1 is 1.28 bits per heavy atom. The van der Waals surface area contributed by atoms with Crippen LogP contribution in [0, 0.1) is 6.92 Å². The van der Waals surface area contributed by atoms with Crippen LogP contribution in [0.1, 0.15) is 47.3 Å². The minimum atomic E-state index is -1.12. The van der Waals surface area contributed by atoms with E-state index in [0.29, 0.717) is 28.8 Å². The van der Waals surface area contributed by atoms with Gasteiger partial charge < -0.3 is 20.1 Å². The smallest absolute Gasteiger partial charge is 0.256 e. The van der Waals surface area contributed by atoms with Crippen molar-refractivity contribution in [1.82, 2.24) is 14.8 Å². The molecule has 2 aromatic rings. The molecule has 36 heavy (non-hydrogen) atoms. The van der Waals surface area contributed by atoms with Crippen molar-refractivity contribution in [2.75, 3.05) is 32.5 Å². The van der Waals surface area contributed by atoms with Crippen LogP contribution in [0.5, 0.6) is 0 Å². The lowest BCUT2D eigenvalue weighted by atomic mass is 9.89. The molecule has 2 amide bonds. The van der Waals surface area contributed by atoms with Crippen molar-refractivity contribution in [3.05, 3.63) is 70.6 Å². The van der Waals surface area contributed by atoms with E-state index in [1.165, 1.54) is 0 Å². The summed E-state index contributed by atoms with van der Waals surface area (Å²) in [5.41, 5.74) is 5.66. The Balaban J connectivity index is 1.46. The number of aromatic amines is 1. The Labute approximate surface area is 211 Å². The van der Waals surface area contributed by atoms with Crippen LogP contribution in [0.2, 0.25) is 0 Å². The molecule has 7 heteroatoms. The first kappa shape index (κ1) is 24.3. The number of piperidine rings is 1. The van der Waals surface area contributed by atoms with Crippen LogP contribution in [0.4, 0.5) is 10.1 Å². The van der Waals surface area contributed by atoms with Crippen LogP contribution in [0.25, 0.3) is 17.2 Å². The molecule has 6 nitrogen and oxygen atoms in total. The van der Waals surface area contributed by atoms with Gasteiger partial charge >= 0.3 is 0 Å². The van der Waals surface area contributed by atoms with Crippen LogP contribution in [0.3, 0.4) is 0 Å². The predicted molar refractivity (Wildman–Crippen MR) is 142 cm³/mol. The number of likely N-dealkylation sites (tertiary alicyclic amines) is 1. The summed E-state index contributed by atoms with van der Waals surface area (Å²) in [7, 11) is 4.00. The largest absolute Gasteiger partial charge is 0.359 e. The first-order valence-electron chi connectivity index (χ1n) is 12.6. The van der Waals surface area contributed by atoms with Gasteiger partial charge in [0.25, 0.3) is 5.91 Å². The summed E-state index contributed by atoms with van der Waals surface area (Å²) in [5, 5.41) is 2.93. The molecular weight excluding hydrogens is 455 g/mol. The summed E-state index contributed by atoms with van der Waals surface area (Å²) in [5.74, 6) is -0.160. The number of benzene rings is 1. The second-order valence-corrected chi connectivity index (χ2v) is 10.1. The Hall–Kier alpha value is -3.45. The molecule has 0 bridgehead atoms. The van der Waals surface area contributed by atoms with Crippen LogP contribution < -0.4 is 5.32 Å². The van der Waals surface area contributed by atoms with Crippen molar-refractivity contribution >= 4 is 34.7 Å². The summed E-state index contributed by atoms with van der Waals surface area (Å²) < 4.78 is 14.8. The van der Waals surface area contributed by atoms with E-state index in [9.17, 15) is 14.0 Å². The van der Waals surface area contributed by atoms with Crippen molar-refractivity contribution in [2.24, 2.45) is 0 Å². The molecule has 0 saturated carbocycles. The van der Waals surface area contributed by atoms with Crippen LogP contribution in [0.15, 0.2) is 42.5 Å². The van der Waals surface area contributed by atoms with Gasteiger partial charge in [-0.3, -0.25) is 9.59 Å². The number of H-pyrrole nitrogens is 1. The SMILES string of the molecule is Cc1cc(CC(=O)N(C)C2CCN(C)CC2)c(C=C2C(=O)Nc3cccc(C4=CC=CCC4F)c32)[nH]1. The number of fused-ring (bicyclic) bond motifs is 1. The molecule has 1 aromatic carbocycles. The van der Waals surface area contributed by atoms with Gasteiger partial charge in [0.15, 0.2) is 0 Å². The third-order valence-electron chi connectivity index (χ3n) is 7.56. The summed E-state index contributed by atoms with van der Waals surface area (Å²) in [6.45, 7) is 3.93. The second-order valence-electron chi connectivity index (χ2n) is 10.1. The van der Waals surface area contributed by atoms with Crippen molar-refractivity contribution in [3.8, 4) is 0 Å². The molecule has 3 heterocycles. The molecule has 3 aliphatic rings. The zero-order chi connectivity index (χ0) is 25.4. The van der Waals surface area contributed by atoms with Crippen LogP contribution in [-0.2, 0) is 16.0 Å². The molecule has 2 aliphatic heterocycles. The topological polar surface area (TPSA) is 68.4 Å². The highest BCUT2D eigenvalue weighted by Gasteiger charge is 2.31. The normalized spacial score (nSPS) is 21.4. The molecule has 1 unspecified atom stereocenters. The fourth-order valence-electron chi connectivity index (χ4n) is 5.45. The van der Waals surface area contributed by atoms with E-state index in [2.05, 4.69) is 22.2 Å². The summed E-state index contributed by atoms with van der Waals surface area (Å²) in [6, 6.07) is 7.76. The molecule has 1 aromatic heterocycles. The van der Waals surface area contributed by atoms with E-state index in [0.717, 1.165) is 48.4 Å². The molecule has 0 spiro atoms. The number of nitrogens with one attached hydrogen (secondary N) is 2. The number of hydrogen-bond donors (Lipinski definition) is 2. The Morgan fingerprint density at radius 2 is 2.06 bits per heavy atom. The van der Waals surface area contributed by atoms with E-state index in [4.69, 9.17) is 0 Å². The number of amides is 2. The van der Waals surface area contributed by atoms with Gasteiger partial charge in [0.2, 0.25) is 5.91 Å². The lowest BCUT2D eigenvalue weighted by Gasteiger charge is -2.35. The quantitative estimate of drug-likeness (QED) is 0.605. The highest BCUT2D eigenvalue weighted by molar-refractivity contribution is 6.35. The number of hydrogen-bond acceptors (Lipinski definition) is 3. The monoisotopic (exact) mass is 488 g/mol. The molecule has 1 aliphatic carbocycles. The number of anilines is 1. The average molecular weight is 489 g/mol. The molecule has 1 saturated heterocycles. The number of nitrogens with zero attached hydrogens (tertiary/aromatic N) is 2. The Bertz CT molecular complexity index is 1280. The van der Waals surface area contributed by atoms with Crippen molar-refractivity contribution < 1.29 is 14.0 Å². The van der Waals surface area contributed by atoms with Crippen molar-refractivity contribution in [2.45, 2.75) is 44.8 Å². The lowest BCUT2D eigenvalue weighted by molar-refractivity contribution is -0.132. The maximum atomic E-state index is 14.8. The third kappa shape index (κ3) is 4.67. The Kier molecular flexibility index (Phi) is 6.67. The van der Waals surface area contributed by atoms with Crippen molar-refractivity contribution in [3.63, 3.8) is 0 Å². The zero-order valence-electron chi connectivity index (χ0n) is 21.1. The molecule has 5 rings (SSSR count). The zero-order valence-corrected chi connectivity index (χ0v) is 21.1. The average Bonchev–Trinajstić information content (AvgIpc) is 3.37. The van der Waals surface area contributed by atoms with Gasteiger partial charge in [-0.2, -0.15) is 0 Å². The van der Waals surface area contributed by atoms with E-state index in [1.54, 1.807) is 6.08 Å². The standard InChI is InChI=1S/C29H33FN4O2/c1-18-15-19(16-27(35)34(3)20-11-13-33(2)14-12-20)26(31-18)17-23-28-22(21-7-4-5-9-24(21)30)8-6-10-25(28)32-29(23)36/h4-8,10,15,17,20,24,31H,9,11-14,16H2,1-3H3,(H,32,36). The van der Waals surface area contributed by atoms with Gasteiger partial charge in [-0.05, 0) is 74.8 Å². The molecular formula is C29H33FN4O2. The third-order valence-corrected chi connectivity index (χ3v) is 7.56. The van der Waals surface area contributed by atoms with Gasteiger partial charge in [-0.25, -0.2) is 4.39 Å². The van der Waals surface area contributed by atoms with Gasteiger partial charge in [0, 0.05) is 42.1 Å². The molecule has 2 N–H and O–H groups in total. The first-order valence-corrected chi connectivity index (χ1v) is 12.6. The van der Waals surface area contributed by atoms with Gasteiger partial charge in [-0.1, -0.05) is 30.4 Å². The van der Waals surface area contributed by atoms with Crippen LogP contribution in [-0.4, -0.2) is 66.0 Å². The van der Waals surface area contributed by atoms with Gasteiger partial charge in [0.1, 0.15) is 6.17 Å². The number of allylic oxidation sites excluding steroid dienone is 4. The summed E-state index contributed by atoms with van der Waals surface area (Å²) in [4.78, 5) is 33.7. The summed E-state index contributed by atoms with van der Waals surface area (Å²) >= 11 is 0. The molecule has 1 atom stereocenters. The maximum Gasteiger partial charge on any atom is 0.256 e. The van der Waals surface area contributed by atoms with E-state index < -0.39 is 6.17 Å². The van der Waals surface area contributed by atoms with Crippen LogP contribution >= 0.6 is 0 Å². The fourth-order valence-corrected chi connectivity index (χ4v) is 5.45. The summed E-state index contributed by atoms with van der Waals surface area (Å²) in [6.07, 6.45) is 8.67. The first-order chi connectivity index (χ1) is 17.3. The molecule has 188 valence electrons. The van der Waals surface area contributed by atoms with E-state index in [-0.39, 0.29) is 24.3 Å². The van der Waals surface area contributed by atoms with Gasteiger partial charge in [0.05, 0.1) is 12.0 Å². The number of aromatic nitrogens is 1. The number of rotatable bonds is 5. The van der Waals surface area contributed by atoms with Gasteiger partial charge in [-0.15, -0.1) is 0 Å². The fraction of sp³-hybridized carbons (Fsp3) is 0.379. The molecule has 0 radical (unpaired) electrons. The van der Waals surface area contributed by atoms with E-state index in [1.807, 2.05) is 61.4 Å². The number of aryl methyl sites for hydroxylation is 1. The number of carbonyl (C=O) groups excluding carboxylic acids is 2.